The van der Waals surface area contributed by atoms with Crippen molar-refractivity contribution in [2.75, 3.05) is 23.9 Å². The molecule has 0 aliphatic carbocycles. The number of hydrogen-bond donors (Lipinski definition) is 1. The number of hydroxylamine groups is 1. The lowest BCUT2D eigenvalue weighted by Gasteiger charge is -2.29. The van der Waals surface area contributed by atoms with E-state index >= 15 is 0 Å². The van der Waals surface area contributed by atoms with E-state index in [0.29, 0.717) is 15.7 Å². The van der Waals surface area contributed by atoms with E-state index in [4.69, 9.17) is 33.8 Å². The Morgan fingerprint density at radius 1 is 1.20 bits per heavy atom. The molecule has 82 valence electrons. The quantitative estimate of drug-likeness (QED) is 0.775. The highest BCUT2D eigenvalue weighted by molar-refractivity contribution is 6.42. The van der Waals surface area contributed by atoms with Crippen molar-refractivity contribution in [2.24, 2.45) is 0 Å². The number of nitrogens with zero attached hydrogens (tertiary/aromatic N) is 1. The van der Waals surface area contributed by atoms with Crippen LogP contribution in [0.3, 0.4) is 0 Å². The van der Waals surface area contributed by atoms with Gasteiger partial charge in [0.25, 0.3) is 0 Å². The molecule has 0 bridgehead atoms. The summed E-state index contributed by atoms with van der Waals surface area (Å²) in [6, 6.07) is 3.39. The summed E-state index contributed by atoms with van der Waals surface area (Å²) in [6.45, 7) is 1.56. The van der Waals surface area contributed by atoms with Crippen LogP contribution in [-0.2, 0) is 4.84 Å². The Morgan fingerprint density at radius 3 is 2.60 bits per heavy atom. The first-order valence-corrected chi connectivity index (χ1v) is 5.59. The zero-order chi connectivity index (χ0) is 10.8. The van der Waals surface area contributed by atoms with Gasteiger partial charge in [-0.1, -0.05) is 23.2 Å². The van der Waals surface area contributed by atoms with Crippen molar-refractivity contribution in [2.45, 2.75) is 12.8 Å². The summed E-state index contributed by atoms with van der Waals surface area (Å²) < 4.78 is 0. The first kappa shape index (κ1) is 10.9. The van der Waals surface area contributed by atoms with E-state index in [9.17, 15) is 0 Å². The van der Waals surface area contributed by atoms with Crippen LogP contribution in [0.2, 0.25) is 10.0 Å². The molecule has 2 N–H and O–H groups in total. The van der Waals surface area contributed by atoms with E-state index in [2.05, 4.69) is 0 Å². The monoisotopic (exact) mass is 246 g/mol. The summed E-state index contributed by atoms with van der Waals surface area (Å²) in [7, 11) is 0. The second kappa shape index (κ2) is 4.47. The number of hydrogen-bond acceptors (Lipinski definition) is 3. The largest absolute Gasteiger partial charge is 0.397 e. The SMILES string of the molecule is Nc1cc(Cl)c(Cl)cc1N1CCCCO1. The number of nitrogens with two attached hydrogens (primary N) is 1. The topological polar surface area (TPSA) is 38.5 Å². The number of rotatable bonds is 1. The Morgan fingerprint density at radius 2 is 1.93 bits per heavy atom. The van der Waals surface area contributed by atoms with Crippen LogP contribution >= 0.6 is 23.2 Å². The average molecular weight is 247 g/mol. The Balaban J connectivity index is 2.30. The van der Waals surface area contributed by atoms with E-state index in [1.165, 1.54) is 0 Å². The van der Waals surface area contributed by atoms with Crippen molar-refractivity contribution in [3.05, 3.63) is 22.2 Å². The average Bonchev–Trinajstić information content (AvgIpc) is 2.25. The maximum absolute atomic E-state index is 5.94. The van der Waals surface area contributed by atoms with E-state index in [0.717, 1.165) is 31.7 Å². The molecule has 2 rings (SSSR count). The molecular formula is C10H12Cl2N2O. The fourth-order valence-corrected chi connectivity index (χ4v) is 1.88. The third-order valence-corrected chi connectivity index (χ3v) is 3.06. The number of halogens is 2. The van der Waals surface area contributed by atoms with Gasteiger partial charge < -0.3 is 5.73 Å². The van der Waals surface area contributed by atoms with E-state index in [1.54, 1.807) is 17.2 Å². The van der Waals surface area contributed by atoms with Crippen LogP contribution in [0, 0.1) is 0 Å². The van der Waals surface area contributed by atoms with Crippen LogP contribution < -0.4 is 10.8 Å². The summed E-state index contributed by atoms with van der Waals surface area (Å²) in [6.07, 6.45) is 2.18. The van der Waals surface area contributed by atoms with E-state index in [1.807, 2.05) is 0 Å². The highest BCUT2D eigenvalue weighted by Crippen LogP contribution is 2.34. The van der Waals surface area contributed by atoms with Gasteiger partial charge in [-0.2, -0.15) is 0 Å². The maximum Gasteiger partial charge on any atom is 0.0881 e. The third-order valence-electron chi connectivity index (χ3n) is 2.34. The first-order chi connectivity index (χ1) is 7.18. The van der Waals surface area contributed by atoms with Gasteiger partial charge in [0.05, 0.1) is 28.0 Å². The molecular weight excluding hydrogens is 235 g/mol. The molecule has 0 amide bonds. The minimum atomic E-state index is 0.468. The molecule has 1 heterocycles. The predicted molar refractivity (Wildman–Crippen MR) is 63.4 cm³/mol. The molecule has 0 saturated carbocycles. The summed E-state index contributed by atoms with van der Waals surface area (Å²) in [5.41, 5.74) is 7.24. The van der Waals surface area contributed by atoms with Crippen molar-refractivity contribution >= 4 is 34.6 Å². The molecule has 3 nitrogen and oxygen atoms in total. The Hall–Kier alpha value is -0.640. The zero-order valence-electron chi connectivity index (χ0n) is 8.17. The van der Waals surface area contributed by atoms with Gasteiger partial charge in [0.1, 0.15) is 0 Å². The highest BCUT2D eigenvalue weighted by atomic mass is 35.5. The smallest absolute Gasteiger partial charge is 0.0881 e. The van der Waals surface area contributed by atoms with Crippen LogP contribution in [-0.4, -0.2) is 13.2 Å². The van der Waals surface area contributed by atoms with Crippen molar-refractivity contribution < 1.29 is 4.84 Å². The van der Waals surface area contributed by atoms with Crippen LogP contribution in [0.25, 0.3) is 0 Å². The third kappa shape index (κ3) is 2.30. The Kier molecular flexibility index (Phi) is 3.24. The lowest BCUT2D eigenvalue weighted by atomic mass is 10.2. The van der Waals surface area contributed by atoms with Crippen LogP contribution in [0.4, 0.5) is 11.4 Å². The van der Waals surface area contributed by atoms with Gasteiger partial charge in [-0.3, -0.25) is 9.90 Å². The number of benzene rings is 1. The van der Waals surface area contributed by atoms with Crippen LogP contribution in [0.5, 0.6) is 0 Å². The summed E-state index contributed by atoms with van der Waals surface area (Å²) >= 11 is 11.8. The molecule has 1 aromatic rings. The van der Waals surface area contributed by atoms with Gasteiger partial charge in [-0.05, 0) is 25.0 Å². The molecule has 0 spiro atoms. The highest BCUT2D eigenvalue weighted by Gasteiger charge is 2.16. The molecule has 0 radical (unpaired) electrons. The normalized spacial score (nSPS) is 16.8. The first-order valence-electron chi connectivity index (χ1n) is 4.83. The summed E-state index contributed by atoms with van der Waals surface area (Å²) in [5, 5.41) is 2.74. The van der Waals surface area contributed by atoms with Crippen molar-refractivity contribution in [1.29, 1.82) is 0 Å². The van der Waals surface area contributed by atoms with Gasteiger partial charge >= 0.3 is 0 Å². The molecule has 1 saturated heterocycles. The summed E-state index contributed by atoms with van der Waals surface area (Å²) in [5.74, 6) is 0. The second-order valence-electron chi connectivity index (χ2n) is 3.47. The maximum atomic E-state index is 5.94. The minimum absolute atomic E-state index is 0.468. The number of nitrogen functional groups attached to an aromatic ring is 1. The van der Waals surface area contributed by atoms with E-state index in [-0.39, 0.29) is 0 Å². The van der Waals surface area contributed by atoms with Crippen LogP contribution in [0.1, 0.15) is 12.8 Å². The second-order valence-corrected chi connectivity index (χ2v) is 4.28. The Labute approximate surface area is 98.7 Å². The van der Waals surface area contributed by atoms with Crippen LogP contribution in [0.15, 0.2) is 12.1 Å². The molecule has 5 heteroatoms. The molecule has 0 aromatic heterocycles. The molecule has 1 aliphatic heterocycles. The van der Waals surface area contributed by atoms with Gasteiger partial charge in [-0.25, -0.2) is 0 Å². The van der Waals surface area contributed by atoms with Gasteiger partial charge in [0.15, 0.2) is 0 Å². The Bertz CT molecular complexity index is 365. The molecule has 15 heavy (non-hydrogen) atoms. The zero-order valence-corrected chi connectivity index (χ0v) is 9.68. The number of anilines is 2. The summed E-state index contributed by atoms with van der Waals surface area (Å²) in [4.78, 5) is 5.49. The minimum Gasteiger partial charge on any atom is -0.397 e. The van der Waals surface area contributed by atoms with Gasteiger partial charge in [0, 0.05) is 6.54 Å². The lowest BCUT2D eigenvalue weighted by Crippen LogP contribution is -2.30. The fraction of sp³-hybridized carbons (Fsp3) is 0.400. The lowest BCUT2D eigenvalue weighted by molar-refractivity contribution is 0.0781. The van der Waals surface area contributed by atoms with Gasteiger partial charge in [0.2, 0.25) is 0 Å². The fourth-order valence-electron chi connectivity index (χ4n) is 1.55. The van der Waals surface area contributed by atoms with Crippen molar-refractivity contribution in [3.8, 4) is 0 Å². The molecule has 1 aliphatic rings. The van der Waals surface area contributed by atoms with Crippen molar-refractivity contribution in [1.82, 2.24) is 0 Å². The molecule has 0 atom stereocenters. The van der Waals surface area contributed by atoms with E-state index < -0.39 is 0 Å². The standard InChI is InChI=1S/C10H12Cl2N2O/c11-7-5-9(13)10(6-8(7)12)14-3-1-2-4-15-14/h5-6H,1-4,13H2. The van der Waals surface area contributed by atoms with Gasteiger partial charge in [-0.15, -0.1) is 0 Å². The molecule has 0 unspecified atom stereocenters. The molecule has 1 fully saturated rings. The predicted octanol–water partition coefficient (Wildman–Crippen LogP) is 3.11. The van der Waals surface area contributed by atoms with Crippen molar-refractivity contribution in [3.63, 3.8) is 0 Å². The molecule has 1 aromatic carbocycles.